The average molecular weight is 236 g/mol. The Bertz CT molecular complexity index is 264. The molecule has 0 aliphatic heterocycles. The van der Waals surface area contributed by atoms with Gasteiger partial charge in [0, 0.05) is 10.9 Å². The summed E-state index contributed by atoms with van der Waals surface area (Å²) >= 11 is 1.56. The third kappa shape index (κ3) is 4.09. The molecule has 0 aromatic carbocycles. The maximum Gasteiger partial charge on any atom is 0.307 e. The van der Waals surface area contributed by atoms with Crippen LogP contribution in [0.3, 0.4) is 0 Å². The van der Waals surface area contributed by atoms with Crippen LogP contribution in [-0.4, -0.2) is 12.6 Å². The van der Waals surface area contributed by atoms with Crippen molar-refractivity contribution in [3.63, 3.8) is 0 Å². The minimum atomic E-state index is -0.233. The van der Waals surface area contributed by atoms with Gasteiger partial charge in [-0.2, -0.15) is 0 Å². The average Bonchev–Trinajstić information content (AvgIpc) is 2.55. The molecule has 0 amide bonds. The van der Waals surface area contributed by atoms with Crippen molar-refractivity contribution in [3.05, 3.63) is 22.4 Å². The van der Waals surface area contributed by atoms with Gasteiger partial charge in [0.15, 0.2) is 0 Å². The number of carbonyl (C=O) groups excluding carboxylic acids is 1. The van der Waals surface area contributed by atoms with Gasteiger partial charge in [0.1, 0.15) is 0 Å². The Morgan fingerprint density at radius 2 is 2.43 bits per heavy atom. The standard InChI is InChI=1S/C9H13NO2S.ClH/c1-2-12-9(11)6-7(10)8-4-3-5-13-8;/h3-5,7H,2,6,10H2,1H3;1H. The van der Waals surface area contributed by atoms with Gasteiger partial charge in [-0.05, 0) is 18.4 Å². The van der Waals surface area contributed by atoms with Crippen LogP contribution in [0.15, 0.2) is 17.5 Å². The number of halogens is 1. The van der Waals surface area contributed by atoms with E-state index < -0.39 is 0 Å². The van der Waals surface area contributed by atoms with E-state index in [2.05, 4.69) is 0 Å². The normalized spacial score (nSPS) is 11.6. The van der Waals surface area contributed by atoms with Crippen LogP contribution in [0.2, 0.25) is 0 Å². The van der Waals surface area contributed by atoms with Crippen molar-refractivity contribution in [2.75, 3.05) is 6.61 Å². The highest BCUT2D eigenvalue weighted by molar-refractivity contribution is 7.10. The Hall–Kier alpha value is -0.580. The first-order valence-corrected chi connectivity index (χ1v) is 5.06. The second-order valence-electron chi connectivity index (χ2n) is 2.63. The molecule has 1 aromatic heterocycles. The summed E-state index contributed by atoms with van der Waals surface area (Å²) in [7, 11) is 0. The van der Waals surface area contributed by atoms with Crippen LogP contribution in [0.1, 0.15) is 24.3 Å². The van der Waals surface area contributed by atoms with Crippen molar-refractivity contribution in [2.45, 2.75) is 19.4 Å². The maximum atomic E-state index is 11.1. The molecule has 0 spiro atoms. The van der Waals surface area contributed by atoms with Crippen LogP contribution >= 0.6 is 23.7 Å². The Balaban J connectivity index is 0.00000169. The Kier molecular flexibility index (Phi) is 6.53. The fraction of sp³-hybridized carbons (Fsp3) is 0.444. The number of carbonyl (C=O) groups is 1. The zero-order valence-corrected chi connectivity index (χ0v) is 9.57. The van der Waals surface area contributed by atoms with E-state index in [1.165, 1.54) is 0 Å². The van der Waals surface area contributed by atoms with Crippen LogP contribution in [0.25, 0.3) is 0 Å². The molecule has 2 N–H and O–H groups in total. The van der Waals surface area contributed by atoms with Crippen molar-refractivity contribution in [2.24, 2.45) is 5.73 Å². The largest absolute Gasteiger partial charge is 0.466 e. The summed E-state index contributed by atoms with van der Waals surface area (Å²) in [6.45, 7) is 2.20. The van der Waals surface area contributed by atoms with E-state index >= 15 is 0 Å². The zero-order valence-electron chi connectivity index (χ0n) is 7.93. The van der Waals surface area contributed by atoms with Gasteiger partial charge in [0.05, 0.1) is 13.0 Å². The molecular formula is C9H14ClNO2S. The molecule has 0 radical (unpaired) electrons. The third-order valence-electron chi connectivity index (χ3n) is 1.60. The highest BCUT2D eigenvalue weighted by atomic mass is 35.5. The van der Waals surface area contributed by atoms with E-state index in [0.717, 1.165) is 4.88 Å². The monoisotopic (exact) mass is 235 g/mol. The van der Waals surface area contributed by atoms with E-state index in [-0.39, 0.29) is 30.8 Å². The maximum absolute atomic E-state index is 11.1. The molecule has 0 aliphatic rings. The molecule has 1 heterocycles. The van der Waals surface area contributed by atoms with Gasteiger partial charge in [0.2, 0.25) is 0 Å². The molecule has 1 unspecified atom stereocenters. The van der Waals surface area contributed by atoms with E-state index in [1.807, 2.05) is 17.5 Å². The molecule has 0 aliphatic carbocycles. The van der Waals surface area contributed by atoms with E-state index in [0.29, 0.717) is 6.61 Å². The van der Waals surface area contributed by atoms with Gasteiger partial charge >= 0.3 is 5.97 Å². The Morgan fingerprint density at radius 1 is 1.71 bits per heavy atom. The first-order valence-electron chi connectivity index (χ1n) is 4.18. The van der Waals surface area contributed by atoms with Gasteiger partial charge in [-0.1, -0.05) is 6.07 Å². The summed E-state index contributed by atoms with van der Waals surface area (Å²) in [5.41, 5.74) is 5.78. The first-order chi connectivity index (χ1) is 6.24. The predicted molar refractivity (Wildman–Crippen MR) is 59.7 cm³/mol. The molecular weight excluding hydrogens is 222 g/mol. The molecule has 0 saturated heterocycles. The smallest absolute Gasteiger partial charge is 0.307 e. The molecule has 0 saturated carbocycles. The van der Waals surface area contributed by atoms with Crippen LogP contribution in [-0.2, 0) is 9.53 Å². The van der Waals surface area contributed by atoms with Crippen molar-refractivity contribution in [1.82, 2.24) is 0 Å². The molecule has 80 valence electrons. The van der Waals surface area contributed by atoms with Crippen LogP contribution in [0.5, 0.6) is 0 Å². The van der Waals surface area contributed by atoms with Crippen molar-refractivity contribution < 1.29 is 9.53 Å². The lowest BCUT2D eigenvalue weighted by Crippen LogP contribution is -2.16. The van der Waals surface area contributed by atoms with E-state index in [4.69, 9.17) is 10.5 Å². The molecule has 3 nitrogen and oxygen atoms in total. The lowest BCUT2D eigenvalue weighted by Gasteiger charge is -2.07. The second-order valence-corrected chi connectivity index (χ2v) is 3.61. The highest BCUT2D eigenvalue weighted by Gasteiger charge is 2.12. The molecule has 0 bridgehead atoms. The van der Waals surface area contributed by atoms with Gasteiger partial charge in [-0.25, -0.2) is 0 Å². The third-order valence-corrected chi connectivity index (χ3v) is 2.60. The van der Waals surface area contributed by atoms with Crippen LogP contribution in [0, 0.1) is 0 Å². The van der Waals surface area contributed by atoms with Gasteiger partial charge in [-0.3, -0.25) is 4.79 Å². The lowest BCUT2D eigenvalue weighted by atomic mass is 10.2. The fourth-order valence-electron chi connectivity index (χ4n) is 1.00. The number of hydrogen-bond donors (Lipinski definition) is 1. The van der Waals surface area contributed by atoms with Gasteiger partial charge in [0.25, 0.3) is 0 Å². The minimum Gasteiger partial charge on any atom is -0.466 e. The summed E-state index contributed by atoms with van der Waals surface area (Å²) in [5, 5.41) is 1.94. The number of hydrogen-bond acceptors (Lipinski definition) is 4. The number of rotatable bonds is 4. The second kappa shape index (κ2) is 6.81. The minimum absolute atomic E-state index is 0. The molecule has 1 aromatic rings. The van der Waals surface area contributed by atoms with E-state index in [9.17, 15) is 4.79 Å². The molecule has 1 atom stereocenters. The Labute approximate surface area is 93.7 Å². The molecule has 0 fully saturated rings. The molecule has 14 heavy (non-hydrogen) atoms. The number of ether oxygens (including phenoxy) is 1. The number of thiophene rings is 1. The van der Waals surface area contributed by atoms with Crippen molar-refractivity contribution in [1.29, 1.82) is 0 Å². The summed E-state index contributed by atoms with van der Waals surface area (Å²) in [6, 6.07) is 3.62. The van der Waals surface area contributed by atoms with E-state index in [1.54, 1.807) is 18.3 Å². The van der Waals surface area contributed by atoms with Gasteiger partial charge in [-0.15, -0.1) is 23.7 Å². The van der Waals surface area contributed by atoms with Crippen molar-refractivity contribution >= 4 is 29.7 Å². The van der Waals surface area contributed by atoms with Crippen LogP contribution in [0.4, 0.5) is 0 Å². The van der Waals surface area contributed by atoms with Gasteiger partial charge < -0.3 is 10.5 Å². The summed E-state index contributed by atoms with van der Waals surface area (Å²) in [4.78, 5) is 12.1. The fourth-order valence-corrected chi connectivity index (χ4v) is 1.73. The summed E-state index contributed by atoms with van der Waals surface area (Å²) in [5.74, 6) is -0.233. The lowest BCUT2D eigenvalue weighted by molar-refractivity contribution is -0.143. The number of esters is 1. The molecule has 1 rings (SSSR count). The highest BCUT2D eigenvalue weighted by Crippen LogP contribution is 2.19. The molecule has 5 heteroatoms. The zero-order chi connectivity index (χ0) is 9.68. The SMILES string of the molecule is CCOC(=O)CC(N)c1cccs1.Cl. The first kappa shape index (κ1) is 13.4. The summed E-state index contributed by atoms with van der Waals surface area (Å²) < 4.78 is 4.80. The Morgan fingerprint density at radius 3 is 2.93 bits per heavy atom. The van der Waals surface area contributed by atoms with Crippen LogP contribution < -0.4 is 5.73 Å². The summed E-state index contributed by atoms with van der Waals surface area (Å²) in [6.07, 6.45) is 0.258. The number of nitrogens with two attached hydrogens (primary N) is 1. The van der Waals surface area contributed by atoms with Crippen molar-refractivity contribution in [3.8, 4) is 0 Å². The predicted octanol–water partition coefficient (Wildman–Crippen LogP) is 2.12. The topological polar surface area (TPSA) is 52.3 Å². The quantitative estimate of drug-likeness (QED) is 0.814.